The van der Waals surface area contributed by atoms with Gasteiger partial charge in [-0.25, -0.2) is 0 Å². The molecular formula is C19H23N3O2S. The Morgan fingerprint density at radius 2 is 2.16 bits per heavy atom. The monoisotopic (exact) mass is 357 g/mol. The summed E-state index contributed by atoms with van der Waals surface area (Å²) >= 11 is 5.16. The molecule has 2 aromatic rings. The summed E-state index contributed by atoms with van der Waals surface area (Å²) in [6, 6.07) is 5.31. The minimum atomic E-state index is -0.152. The Labute approximate surface area is 151 Å². The molecule has 1 amide bonds. The summed E-state index contributed by atoms with van der Waals surface area (Å²) in [5.74, 6) is 2.15. The van der Waals surface area contributed by atoms with Gasteiger partial charge >= 0.3 is 0 Å². The third-order valence-electron chi connectivity index (χ3n) is 6.16. The van der Waals surface area contributed by atoms with Gasteiger partial charge in [0.05, 0.1) is 10.9 Å². The van der Waals surface area contributed by atoms with E-state index in [2.05, 4.69) is 17.2 Å². The molecule has 4 atom stereocenters. The fourth-order valence-electron chi connectivity index (χ4n) is 4.75. The van der Waals surface area contributed by atoms with E-state index in [9.17, 15) is 9.59 Å². The van der Waals surface area contributed by atoms with E-state index >= 15 is 0 Å². The molecule has 5 nitrogen and oxygen atoms in total. The number of H-pyrrole nitrogens is 1. The van der Waals surface area contributed by atoms with Gasteiger partial charge in [0.25, 0.3) is 11.5 Å². The third-order valence-corrected chi connectivity index (χ3v) is 6.53. The van der Waals surface area contributed by atoms with Crippen molar-refractivity contribution in [1.82, 2.24) is 14.9 Å². The van der Waals surface area contributed by atoms with Gasteiger partial charge < -0.3 is 10.3 Å². The van der Waals surface area contributed by atoms with E-state index in [1.807, 2.05) is 0 Å². The van der Waals surface area contributed by atoms with Gasteiger partial charge in [-0.1, -0.05) is 6.42 Å². The average molecular weight is 357 g/mol. The van der Waals surface area contributed by atoms with Crippen LogP contribution in [0, 0.1) is 22.5 Å². The van der Waals surface area contributed by atoms with Crippen LogP contribution < -0.4 is 10.9 Å². The van der Waals surface area contributed by atoms with Crippen LogP contribution in [-0.4, -0.2) is 21.5 Å². The van der Waals surface area contributed by atoms with E-state index in [1.165, 1.54) is 30.3 Å². The van der Waals surface area contributed by atoms with E-state index in [4.69, 9.17) is 12.2 Å². The number of nitrogens with zero attached hydrogens (tertiary/aromatic N) is 1. The first-order chi connectivity index (χ1) is 11.9. The zero-order valence-electron chi connectivity index (χ0n) is 14.5. The predicted octanol–water partition coefficient (Wildman–Crippen LogP) is 3.15. The van der Waals surface area contributed by atoms with Crippen LogP contribution in [0.15, 0.2) is 23.0 Å². The zero-order chi connectivity index (χ0) is 17.7. The summed E-state index contributed by atoms with van der Waals surface area (Å²) in [6.45, 7) is 2.12. The number of hydrogen-bond donors (Lipinski definition) is 2. The van der Waals surface area contributed by atoms with Crippen LogP contribution in [0.25, 0.3) is 10.9 Å². The van der Waals surface area contributed by atoms with Crippen molar-refractivity contribution in [2.75, 3.05) is 0 Å². The first-order valence-electron chi connectivity index (χ1n) is 8.98. The molecule has 1 heterocycles. The SMILES string of the molecule is C[C@H](NC(=O)c1ccc2c(=O)n(C)c(=S)[nH]c2c1)[C@H]1C[C@H]2CC[C@H]1C2. The van der Waals surface area contributed by atoms with E-state index in [0.717, 1.165) is 11.8 Å². The van der Waals surface area contributed by atoms with Gasteiger partial charge in [0, 0.05) is 18.7 Å². The molecule has 2 saturated carbocycles. The largest absolute Gasteiger partial charge is 0.349 e. The molecule has 6 heteroatoms. The summed E-state index contributed by atoms with van der Waals surface area (Å²) in [5, 5.41) is 3.70. The molecule has 2 aliphatic carbocycles. The van der Waals surface area contributed by atoms with Crippen molar-refractivity contribution in [2.24, 2.45) is 24.8 Å². The quantitative estimate of drug-likeness (QED) is 0.829. The highest BCUT2D eigenvalue weighted by Crippen LogP contribution is 2.49. The van der Waals surface area contributed by atoms with Crippen LogP contribution in [0.2, 0.25) is 0 Å². The molecule has 1 aromatic carbocycles. The number of carbonyl (C=O) groups excluding carboxylic acids is 1. The summed E-state index contributed by atoms with van der Waals surface area (Å²) in [5.41, 5.74) is 1.01. The molecular weight excluding hydrogens is 334 g/mol. The predicted molar refractivity (Wildman–Crippen MR) is 100 cm³/mol. The van der Waals surface area contributed by atoms with Gasteiger partial charge in [0.2, 0.25) is 0 Å². The average Bonchev–Trinajstić information content (AvgIpc) is 3.22. The second kappa shape index (κ2) is 6.09. The molecule has 132 valence electrons. The van der Waals surface area contributed by atoms with Gasteiger partial charge in [-0.15, -0.1) is 0 Å². The molecule has 2 aliphatic rings. The van der Waals surface area contributed by atoms with Crippen LogP contribution in [0.5, 0.6) is 0 Å². The lowest BCUT2D eigenvalue weighted by molar-refractivity contribution is 0.0915. The Morgan fingerprint density at radius 3 is 2.84 bits per heavy atom. The van der Waals surface area contributed by atoms with Crippen LogP contribution in [0.1, 0.15) is 43.0 Å². The Hall–Kier alpha value is -1.95. The van der Waals surface area contributed by atoms with Crippen LogP contribution in [0.3, 0.4) is 0 Å². The molecule has 4 rings (SSSR count). The van der Waals surface area contributed by atoms with Gasteiger partial charge in [0.1, 0.15) is 0 Å². The van der Waals surface area contributed by atoms with E-state index in [-0.39, 0.29) is 17.5 Å². The Balaban J connectivity index is 1.57. The number of carbonyl (C=O) groups is 1. The second-order valence-electron chi connectivity index (χ2n) is 7.66. The maximum absolute atomic E-state index is 12.7. The molecule has 25 heavy (non-hydrogen) atoms. The standard InChI is InChI=1S/C19H23N3O2S/c1-10(15-8-11-3-4-12(15)7-11)20-17(23)13-5-6-14-16(9-13)21-19(25)22(2)18(14)24/h5-6,9-12,15H,3-4,7-8H2,1-2H3,(H,20,23)(H,21,25)/t10-,11-,12-,15+/m0/s1. The summed E-state index contributed by atoms with van der Waals surface area (Å²) in [7, 11) is 1.64. The topological polar surface area (TPSA) is 66.9 Å². The minimum absolute atomic E-state index is 0.0860. The molecule has 2 N–H and O–H groups in total. The number of benzene rings is 1. The third kappa shape index (κ3) is 2.82. The maximum atomic E-state index is 12.7. The van der Waals surface area contributed by atoms with Crippen molar-refractivity contribution in [3.05, 3.63) is 38.9 Å². The van der Waals surface area contributed by atoms with Gasteiger partial charge in [-0.05, 0) is 74.4 Å². The molecule has 0 unspecified atom stereocenters. The van der Waals surface area contributed by atoms with E-state index < -0.39 is 0 Å². The van der Waals surface area contributed by atoms with Crippen LogP contribution in [0.4, 0.5) is 0 Å². The van der Waals surface area contributed by atoms with E-state index in [1.54, 1.807) is 25.2 Å². The first-order valence-corrected chi connectivity index (χ1v) is 9.39. The van der Waals surface area contributed by atoms with Crippen LogP contribution >= 0.6 is 12.2 Å². The maximum Gasteiger partial charge on any atom is 0.261 e. The van der Waals surface area contributed by atoms with Gasteiger partial charge in [-0.2, -0.15) is 0 Å². The normalized spacial score (nSPS) is 26.1. The molecule has 2 bridgehead atoms. The molecule has 0 spiro atoms. The number of nitrogens with one attached hydrogen (secondary N) is 2. The summed E-state index contributed by atoms with van der Waals surface area (Å²) < 4.78 is 1.75. The van der Waals surface area contributed by atoms with Crippen molar-refractivity contribution in [3.63, 3.8) is 0 Å². The Morgan fingerprint density at radius 1 is 1.36 bits per heavy atom. The molecule has 2 fully saturated rings. The van der Waals surface area contributed by atoms with E-state index in [0.29, 0.717) is 27.2 Å². The number of aromatic nitrogens is 2. The van der Waals surface area contributed by atoms with Crippen molar-refractivity contribution in [1.29, 1.82) is 0 Å². The summed E-state index contributed by atoms with van der Waals surface area (Å²) in [4.78, 5) is 27.9. The highest BCUT2D eigenvalue weighted by atomic mass is 32.1. The Kier molecular flexibility index (Phi) is 4.02. The highest BCUT2D eigenvalue weighted by Gasteiger charge is 2.42. The van der Waals surface area contributed by atoms with Crippen molar-refractivity contribution < 1.29 is 4.79 Å². The molecule has 0 radical (unpaired) electrons. The number of rotatable bonds is 3. The second-order valence-corrected chi connectivity index (χ2v) is 8.04. The Bertz CT molecular complexity index is 961. The lowest BCUT2D eigenvalue weighted by Crippen LogP contribution is -2.40. The minimum Gasteiger partial charge on any atom is -0.349 e. The lowest BCUT2D eigenvalue weighted by atomic mass is 9.84. The fourth-order valence-corrected chi connectivity index (χ4v) is 4.94. The number of amides is 1. The first kappa shape index (κ1) is 16.5. The summed E-state index contributed by atoms with van der Waals surface area (Å²) in [6.07, 6.45) is 5.25. The van der Waals surface area contributed by atoms with Gasteiger partial charge in [-0.3, -0.25) is 14.2 Å². The fraction of sp³-hybridized carbons (Fsp3) is 0.526. The van der Waals surface area contributed by atoms with Gasteiger partial charge in [0.15, 0.2) is 4.77 Å². The van der Waals surface area contributed by atoms with Crippen molar-refractivity contribution in [2.45, 2.75) is 38.6 Å². The number of fused-ring (bicyclic) bond motifs is 3. The zero-order valence-corrected chi connectivity index (χ0v) is 15.4. The van der Waals surface area contributed by atoms with Crippen molar-refractivity contribution >= 4 is 29.0 Å². The lowest BCUT2D eigenvalue weighted by Gasteiger charge is -2.28. The molecule has 0 saturated heterocycles. The number of hydrogen-bond acceptors (Lipinski definition) is 3. The smallest absolute Gasteiger partial charge is 0.261 e. The van der Waals surface area contributed by atoms with Crippen LogP contribution in [-0.2, 0) is 7.05 Å². The molecule has 0 aliphatic heterocycles. The van der Waals surface area contributed by atoms with Crippen molar-refractivity contribution in [3.8, 4) is 0 Å². The molecule has 1 aromatic heterocycles. The number of aromatic amines is 1. The highest BCUT2D eigenvalue weighted by molar-refractivity contribution is 7.71.